The zero-order valence-corrected chi connectivity index (χ0v) is 14.1. The van der Waals surface area contributed by atoms with Crippen molar-refractivity contribution in [2.24, 2.45) is 29.6 Å². The third-order valence-corrected chi connectivity index (χ3v) is 4.54. The monoisotopic (exact) mass is 254 g/mol. The zero-order valence-electron chi connectivity index (χ0n) is 14.1. The summed E-state index contributed by atoms with van der Waals surface area (Å²) in [4.78, 5) is 0. The van der Waals surface area contributed by atoms with Gasteiger partial charge in [-0.25, -0.2) is 0 Å². The highest BCUT2D eigenvalue weighted by atomic mass is 14.2. The highest BCUT2D eigenvalue weighted by Crippen LogP contribution is 2.29. The molecular weight excluding hydrogens is 216 g/mol. The molecule has 0 rings (SSSR count). The molecule has 4 unspecified atom stereocenters. The van der Waals surface area contributed by atoms with E-state index in [-0.39, 0.29) is 0 Å². The van der Waals surface area contributed by atoms with Gasteiger partial charge < -0.3 is 0 Å². The van der Waals surface area contributed by atoms with Crippen molar-refractivity contribution in [3.63, 3.8) is 0 Å². The number of hydrogen-bond donors (Lipinski definition) is 0. The Morgan fingerprint density at radius 2 is 1.06 bits per heavy atom. The van der Waals surface area contributed by atoms with Crippen LogP contribution in [0.3, 0.4) is 0 Å². The third kappa shape index (κ3) is 9.00. The molecule has 0 N–H and O–H groups in total. The lowest BCUT2D eigenvalue weighted by atomic mass is 9.80. The van der Waals surface area contributed by atoms with Crippen LogP contribution in [0, 0.1) is 29.6 Å². The fourth-order valence-corrected chi connectivity index (χ4v) is 3.08. The standard InChI is InChI=1S/C18H38/c1-8-9-15(4)12-17(6)18(7)13-16(5)11-10-14(2)3/h14-18H,8-13H2,1-7H3. The molecule has 4 atom stereocenters. The smallest absolute Gasteiger partial charge is 0.0414 e. The summed E-state index contributed by atoms with van der Waals surface area (Å²) in [6.45, 7) is 16.8. The van der Waals surface area contributed by atoms with Crippen molar-refractivity contribution in [1.82, 2.24) is 0 Å². The van der Waals surface area contributed by atoms with Crippen molar-refractivity contribution < 1.29 is 0 Å². The highest BCUT2D eigenvalue weighted by molar-refractivity contribution is 4.68. The first-order chi connectivity index (χ1) is 8.36. The zero-order chi connectivity index (χ0) is 14.1. The van der Waals surface area contributed by atoms with E-state index in [1.165, 1.54) is 38.5 Å². The van der Waals surface area contributed by atoms with Gasteiger partial charge in [0.05, 0.1) is 0 Å². The summed E-state index contributed by atoms with van der Waals surface area (Å²) in [6, 6.07) is 0. The summed E-state index contributed by atoms with van der Waals surface area (Å²) in [5, 5.41) is 0. The average Bonchev–Trinajstić information content (AvgIpc) is 2.26. The lowest BCUT2D eigenvalue weighted by Gasteiger charge is -2.26. The molecule has 0 aliphatic rings. The van der Waals surface area contributed by atoms with Gasteiger partial charge in [0.25, 0.3) is 0 Å². The summed E-state index contributed by atoms with van der Waals surface area (Å²) < 4.78 is 0. The SMILES string of the molecule is CCCC(C)CC(C)C(C)CC(C)CCC(C)C. The van der Waals surface area contributed by atoms with Gasteiger partial charge in [0, 0.05) is 0 Å². The molecule has 0 aromatic rings. The molecule has 0 aliphatic heterocycles. The molecule has 0 radical (unpaired) electrons. The molecule has 0 spiro atoms. The quantitative estimate of drug-likeness (QED) is 0.415. The maximum atomic E-state index is 2.47. The molecule has 0 fully saturated rings. The minimum absolute atomic E-state index is 0.866. The summed E-state index contributed by atoms with van der Waals surface area (Å²) in [7, 11) is 0. The normalized spacial score (nSPS) is 18.7. The van der Waals surface area contributed by atoms with Crippen LogP contribution in [0.4, 0.5) is 0 Å². The van der Waals surface area contributed by atoms with Gasteiger partial charge in [-0.15, -0.1) is 0 Å². The van der Waals surface area contributed by atoms with Crippen LogP contribution in [-0.4, -0.2) is 0 Å². The maximum absolute atomic E-state index is 2.47. The molecule has 0 saturated carbocycles. The Morgan fingerprint density at radius 1 is 0.611 bits per heavy atom. The lowest BCUT2D eigenvalue weighted by Crippen LogP contribution is -2.15. The summed E-state index contributed by atoms with van der Waals surface area (Å²) >= 11 is 0. The van der Waals surface area contributed by atoms with E-state index in [1.807, 2.05) is 0 Å². The van der Waals surface area contributed by atoms with Crippen molar-refractivity contribution in [1.29, 1.82) is 0 Å². The molecule has 0 heterocycles. The minimum Gasteiger partial charge on any atom is -0.0654 e. The lowest BCUT2D eigenvalue weighted by molar-refractivity contribution is 0.254. The van der Waals surface area contributed by atoms with Crippen LogP contribution >= 0.6 is 0 Å². The van der Waals surface area contributed by atoms with E-state index in [0.29, 0.717) is 0 Å². The van der Waals surface area contributed by atoms with Crippen molar-refractivity contribution in [2.45, 2.75) is 87.0 Å². The highest BCUT2D eigenvalue weighted by Gasteiger charge is 2.17. The van der Waals surface area contributed by atoms with Crippen LogP contribution in [0.25, 0.3) is 0 Å². The van der Waals surface area contributed by atoms with Gasteiger partial charge in [0.15, 0.2) is 0 Å². The van der Waals surface area contributed by atoms with Gasteiger partial charge in [0.1, 0.15) is 0 Å². The Hall–Kier alpha value is 0. The Labute approximate surface area is 117 Å². The van der Waals surface area contributed by atoms with Crippen LogP contribution in [-0.2, 0) is 0 Å². The van der Waals surface area contributed by atoms with Crippen LogP contribution in [0.1, 0.15) is 87.0 Å². The minimum atomic E-state index is 0.866. The van der Waals surface area contributed by atoms with Gasteiger partial charge in [0.2, 0.25) is 0 Å². The molecule has 0 saturated heterocycles. The molecule has 0 heteroatoms. The molecule has 110 valence electrons. The summed E-state index contributed by atoms with van der Waals surface area (Å²) in [5.41, 5.74) is 0. The topological polar surface area (TPSA) is 0 Å². The van der Waals surface area contributed by atoms with Crippen molar-refractivity contribution in [3.8, 4) is 0 Å². The first-order valence-corrected chi connectivity index (χ1v) is 8.36. The third-order valence-electron chi connectivity index (χ3n) is 4.54. The van der Waals surface area contributed by atoms with Gasteiger partial charge in [-0.1, -0.05) is 74.1 Å². The fourth-order valence-electron chi connectivity index (χ4n) is 3.08. The van der Waals surface area contributed by atoms with E-state index in [0.717, 1.165) is 29.6 Å². The second-order valence-corrected chi connectivity index (χ2v) is 7.40. The van der Waals surface area contributed by atoms with E-state index in [9.17, 15) is 0 Å². The maximum Gasteiger partial charge on any atom is -0.0414 e. The Balaban J connectivity index is 3.88. The average molecular weight is 255 g/mol. The van der Waals surface area contributed by atoms with Crippen LogP contribution in [0.15, 0.2) is 0 Å². The molecular formula is C18H38. The predicted molar refractivity (Wildman–Crippen MR) is 84.9 cm³/mol. The predicted octanol–water partition coefficient (Wildman–Crippen LogP) is 6.55. The molecule has 0 aromatic heterocycles. The molecule has 0 aliphatic carbocycles. The van der Waals surface area contributed by atoms with Gasteiger partial charge in [-0.2, -0.15) is 0 Å². The largest absolute Gasteiger partial charge is 0.0654 e. The second kappa shape index (κ2) is 9.87. The Morgan fingerprint density at radius 3 is 1.44 bits per heavy atom. The van der Waals surface area contributed by atoms with Crippen LogP contribution in [0.5, 0.6) is 0 Å². The van der Waals surface area contributed by atoms with Gasteiger partial charge in [-0.05, 0) is 42.4 Å². The van der Waals surface area contributed by atoms with E-state index >= 15 is 0 Å². The molecule has 0 aromatic carbocycles. The Bertz CT molecular complexity index is 182. The van der Waals surface area contributed by atoms with Gasteiger partial charge in [-0.3, -0.25) is 0 Å². The molecule has 0 amide bonds. The fraction of sp³-hybridized carbons (Fsp3) is 1.00. The van der Waals surface area contributed by atoms with Crippen molar-refractivity contribution in [3.05, 3.63) is 0 Å². The second-order valence-electron chi connectivity index (χ2n) is 7.40. The number of hydrogen-bond acceptors (Lipinski definition) is 0. The van der Waals surface area contributed by atoms with E-state index in [2.05, 4.69) is 48.5 Å². The Kier molecular flexibility index (Phi) is 9.87. The van der Waals surface area contributed by atoms with Crippen molar-refractivity contribution >= 4 is 0 Å². The molecule has 18 heavy (non-hydrogen) atoms. The number of rotatable bonds is 10. The van der Waals surface area contributed by atoms with Crippen molar-refractivity contribution in [2.75, 3.05) is 0 Å². The van der Waals surface area contributed by atoms with E-state index in [1.54, 1.807) is 0 Å². The summed E-state index contributed by atoms with van der Waals surface area (Å²) in [6.07, 6.45) is 8.40. The van der Waals surface area contributed by atoms with E-state index in [4.69, 9.17) is 0 Å². The first-order valence-electron chi connectivity index (χ1n) is 8.36. The van der Waals surface area contributed by atoms with Crippen LogP contribution in [0.2, 0.25) is 0 Å². The van der Waals surface area contributed by atoms with E-state index < -0.39 is 0 Å². The van der Waals surface area contributed by atoms with Gasteiger partial charge >= 0.3 is 0 Å². The molecule has 0 bridgehead atoms. The summed E-state index contributed by atoms with van der Waals surface area (Å²) in [5.74, 6) is 4.48. The first kappa shape index (κ1) is 18.0. The molecule has 0 nitrogen and oxygen atoms in total. The van der Waals surface area contributed by atoms with Crippen LogP contribution < -0.4 is 0 Å².